The van der Waals surface area contributed by atoms with Gasteiger partial charge in [0.05, 0.1) is 34.4 Å². The van der Waals surface area contributed by atoms with Crippen LogP contribution in [0.15, 0.2) is 0 Å². The second-order valence-corrected chi connectivity index (χ2v) is 19.7. The summed E-state index contributed by atoms with van der Waals surface area (Å²) in [6.07, 6.45) is 45.7. The van der Waals surface area contributed by atoms with E-state index in [-0.39, 0.29) is 25.8 Å². The summed E-state index contributed by atoms with van der Waals surface area (Å²) in [4.78, 5) is 22.9. The number of phosphoric ester groups is 1. The number of unbranched alkanes of at least 4 members (excludes halogenated alkanes) is 33. The SMILES string of the molecule is CCCCCCCCCCCCCCCCCCCCCCCCCC(=O)OC(COCCCCCCCCCCCCCC)COP(=O)(O)OCC[N+](C)(C)C. The summed E-state index contributed by atoms with van der Waals surface area (Å²) in [6, 6.07) is 0. The maximum Gasteiger partial charge on any atom is 0.472 e. The van der Waals surface area contributed by atoms with Crippen molar-refractivity contribution in [2.75, 3.05) is 54.1 Å². The number of rotatable bonds is 47. The highest BCUT2D eigenvalue weighted by molar-refractivity contribution is 7.47. The molecule has 9 heteroatoms. The van der Waals surface area contributed by atoms with Crippen LogP contribution in [-0.4, -0.2) is 75.6 Å². The molecule has 0 saturated carbocycles. The Morgan fingerprint density at radius 2 is 0.807 bits per heavy atom. The number of quaternary nitrogens is 1. The fourth-order valence-electron chi connectivity index (χ4n) is 7.32. The number of hydrogen-bond acceptors (Lipinski definition) is 6. The number of ether oxygens (including phenoxy) is 2. The van der Waals surface area contributed by atoms with Crippen LogP contribution in [0, 0.1) is 0 Å². The third kappa shape index (κ3) is 46.4. The zero-order chi connectivity index (χ0) is 42.0. The van der Waals surface area contributed by atoms with Gasteiger partial charge in [0.15, 0.2) is 0 Å². The lowest BCUT2D eigenvalue weighted by atomic mass is 10.0. The smallest absolute Gasteiger partial charge is 0.457 e. The topological polar surface area (TPSA) is 91.3 Å². The summed E-state index contributed by atoms with van der Waals surface area (Å²) < 4.78 is 35.1. The third-order valence-electron chi connectivity index (χ3n) is 11.2. The van der Waals surface area contributed by atoms with Gasteiger partial charge in [-0.3, -0.25) is 13.8 Å². The lowest BCUT2D eigenvalue weighted by Gasteiger charge is -2.24. The summed E-state index contributed by atoms with van der Waals surface area (Å²) >= 11 is 0. The quantitative estimate of drug-likeness (QED) is 0.0283. The van der Waals surface area contributed by atoms with Crippen LogP contribution < -0.4 is 0 Å². The average Bonchev–Trinajstić information content (AvgIpc) is 3.16. The second kappa shape index (κ2) is 42.2. The first-order chi connectivity index (χ1) is 27.6. The number of likely N-dealkylation sites (N-methyl/N-ethyl adjacent to an activating group) is 1. The Hall–Kier alpha value is -0.500. The zero-order valence-electron chi connectivity index (χ0n) is 38.9. The fourth-order valence-corrected chi connectivity index (χ4v) is 8.06. The van der Waals surface area contributed by atoms with Crippen LogP contribution in [0.2, 0.25) is 0 Å². The van der Waals surface area contributed by atoms with Gasteiger partial charge in [0.25, 0.3) is 0 Å². The highest BCUT2D eigenvalue weighted by Gasteiger charge is 2.26. The molecule has 0 aromatic carbocycles. The molecule has 0 bridgehead atoms. The molecule has 0 aromatic rings. The Morgan fingerprint density at radius 1 is 0.474 bits per heavy atom. The van der Waals surface area contributed by atoms with E-state index in [4.69, 9.17) is 18.5 Å². The lowest BCUT2D eigenvalue weighted by molar-refractivity contribution is -0.870. The maximum absolute atomic E-state index is 12.7. The number of esters is 1. The Kier molecular flexibility index (Phi) is 41.8. The van der Waals surface area contributed by atoms with Crippen molar-refractivity contribution in [1.29, 1.82) is 0 Å². The van der Waals surface area contributed by atoms with Gasteiger partial charge in [-0.2, -0.15) is 0 Å². The van der Waals surface area contributed by atoms with Crippen LogP contribution in [0.4, 0.5) is 0 Å². The number of carbonyl (C=O) groups is 1. The summed E-state index contributed by atoms with van der Waals surface area (Å²) in [5.41, 5.74) is 0. The molecule has 0 spiro atoms. The molecule has 57 heavy (non-hydrogen) atoms. The van der Waals surface area contributed by atoms with Crippen molar-refractivity contribution in [3.63, 3.8) is 0 Å². The van der Waals surface area contributed by atoms with Crippen LogP contribution >= 0.6 is 7.82 Å². The minimum Gasteiger partial charge on any atom is -0.457 e. The molecule has 0 aliphatic heterocycles. The van der Waals surface area contributed by atoms with E-state index in [0.717, 1.165) is 32.1 Å². The minimum absolute atomic E-state index is 0.0940. The van der Waals surface area contributed by atoms with Crippen LogP contribution in [0.25, 0.3) is 0 Å². The van der Waals surface area contributed by atoms with E-state index in [9.17, 15) is 14.3 Å². The molecule has 2 unspecified atom stereocenters. The van der Waals surface area contributed by atoms with Crippen LogP contribution in [0.5, 0.6) is 0 Å². The van der Waals surface area contributed by atoms with E-state index < -0.39 is 13.9 Å². The second-order valence-electron chi connectivity index (χ2n) is 18.2. The summed E-state index contributed by atoms with van der Waals surface area (Å²) in [7, 11) is 1.69. The van der Waals surface area contributed by atoms with E-state index in [2.05, 4.69) is 13.8 Å². The first-order valence-electron chi connectivity index (χ1n) is 24.8. The normalized spacial score (nSPS) is 13.6. The summed E-state index contributed by atoms with van der Waals surface area (Å²) in [5, 5.41) is 0. The largest absolute Gasteiger partial charge is 0.472 e. The van der Waals surface area contributed by atoms with Crippen molar-refractivity contribution in [3.8, 4) is 0 Å². The molecule has 342 valence electrons. The predicted octanol–water partition coefficient (Wildman–Crippen LogP) is 14.8. The van der Waals surface area contributed by atoms with E-state index in [1.807, 2.05) is 21.1 Å². The zero-order valence-corrected chi connectivity index (χ0v) is 39.8. The highest BCUT2D eigenvalue weighted by atomic mass is 31.2. The number of hydrogen-bond donors (Lipinski definition) is 1. The van der Waals surface area contributed by atoms with E-state index in [1.54, 1.807) is 0 Å². The van der Waals surface area contributed by atoms with Gasteiger partial charge in [-0.15, -0.1) is 0 Å². The average molecular weight is 833 g/mol. The Balaban J connectivity index is 4.03. The number of carbonyl (C=O) groups excluding carboxylic acids is 1. The molecule has 0 rings (SSSR count). The summed E-state index contributed by atoms with van der Waals surface area (Å²) in [5.74, 6) is -0.306. The van der Waals surface area contributed by atoms with Crippen molar-refractivity contribution in [1.82, 2.24) is 0 Å². The molecule has 1 N–H and O–H groups in total. The molecular weight excluding hydrogens is 734 g/mol. The van der Waals surface area contributed by atoms with Gasteiger partial charge < -0.3 is 18.9 Å². The molecule has 2 atom stereocenters. The molecule has 0 aliphatic carbocycles. The van der Waals surface area contributed by atoms with Crippen LogP contribution in [0.3, 0.4) is 0 Å². The molecule has 0 amide bonds. The number of phosphoric acid groups is 1. The molecule has 0 saturated heterocycles. The molecule has 0 aromatic heterocycles. The monoisotopic (exact) mass is 833 g/mol. The van der Waals surface area contributed by atoms with Crippen molar-refractivity contribution in [2.24, 2.45) is 0 Å². The first kappa shape index (κ1) is 56.5. The van der Waals surface area contributed by atoms with Crippen molar-refractivity contribution in [2.45, 2.75) is 251 Å². The highest BCUT2D eigenvalue weighted by Crippen LogP contribution is 2.43. The van der Waals surface area contributed by atoms with Gasteiger partial charge in [0.1, 0.15) is 19.3 Å². The standard InChI is InChI=1S/C48H98NO7P/c1-6-8-10-12-14-16-18-20-21-22-23-24-25-26-27-28-29-30-31-33-35-37-39-41-48(50)56-47(46-55-57(51,52)54-44-42-49(3,4)5)45-53-43-40-38-36-34-32-19-17-15-13-11-9-7-2/h47H,6-46H2,1-5H3/p+1. The van der Waals surface area contributed by atoms with Gasteiger partial charge in [0.2, 0.25) is 0 Å². The molecule has 0 aliphatic rings. The van der Waals surface area contributed by atoms with Gasteiger partial charge in [-0.25, -0.2) is 4.57 Å². The van der Waals surface area contributed by atoms with Gasteiger partial charge in [-0.05, 0) is 12.8 Å². The van der Waals surface area contributed by atoms with Crippen molar-refractivity contribution < 1.29 is 37.3 Å². The Morgan fingerprint density at radius 3 is 1.16 bits per heavy atom. The molecule has 0 fully saturated rings. The van der Waals surface area contributed by atoms with Gasteiger partial charge in [0, 0.05) is 13.0 Å². The maximum atomic E-state index is 12.7. The van der Waals surface area contributed by atoms with Gasteiger partial charge in [-0.1, -0.05) is 226 Å². The molecule has 0 radical (unpaired) electrons. The Labute approximate surface area is 355 Å². The Bertz CT molecular complexity index is 883. The van der Waals surface area contributed by atoms with E-state index in [0.29, 0.717) is 24.1 Å². The summed E-state index contributed by atoms with van der Waals surface area (Å²) in [6.45, 7) is 5.69. The minimum atomic E-state index is -4.27. The van der Waals surface area contributed by atoms with Crippen molar-refractivity contribution in [3.05, 3.63) is 0 Å². The van der Waals surface area contributed by atoms with Crippen molar-refractivity contribution >= 4 is 13.8 Å². The third-order valence-corrected chi connectivity index (χ3v) is 12.2. The van der Waals surface area contributed by atoms with Gasteiger partial charge >= 0.3 is 13.8 Å². The molecule has 8 nitrogen and oxygen atoms in total. The molecular formula is C48H99NO7P+. The molecule has 0 heterocycles. The first-order valence-corrected chi connectivity index (χ1v) is 26.3. The van der Waals surface area contributed by atoms with E-state index >= 15 is 0 Å². The lowest BCUT2D eigenvalue weighted by Crippen LogP contribution is -2.37. The number of nitrogens with zero attached hydrogens (tertiary/aromatic N) is 1. The fraction of sp³-hybridized carbons (Fsp3) is 0.979. The van der Waals surface area contributed by atoms with Crippen LogP contribution in [-0.2, 0) is 27.9 Å². The predicted molar refractivity (Wildman–Crippen MR) is 243 cm³/mol. The van der Waals surface area contributed by atoms with E-state index in [1.165, 1.54) is 193 Å². The van der Waals surface area contributed by atoms with Crippen LogP contribution in [0.1, 0.15) is 245 Å².